The van der Waals surface area contributed by atoms with Crippen LogP contribution in [0.1, 0.15) is 40.9 Å². The van der Waals surface area contributed by atoms with Gasteiger partial charge in [0.05, 0.1) is 10.0 Å². The van der Waals surface area contributed by atoms with Crippen LogP contribution in [0.15, 0.2) is 58.0 Å². The molecule has 10 heteroatoms. The van der Waals surface area contributed by atoms with Gasteiger partial charge >= 0.3 is 0 Å². The minimum atomic E-state index is -0.710. The number of aromatic nitrogens is 2. The van der Waals surface area contributed by atoms with Crippen LogP contribution in [0.4, 0.5) is 11.5 Å². The number of nitrogens with one attached hydrogen (secondary N) is 2. The van der Waals surface area contributed by atoms with E-state index in [0.29, 0.717) is 16.5 Å². The number of hydrogen-bond acceptors (Lipinski definition) is 5. The smallest absolute Gasteiger partial charge is 0.271 e. The number of anilines is 1. The molecule has 0 aliphatic carbocycles. The van der Waals surface area contributed by atoms with E-state index >= 15 is 0 Å². The highest BCUT2D eigenvalue weighted by molar-refractivity contribution is 9.10. The molecule has 9 nitrogen and oxygen atoms in total. The van der Waals surface area contributed by atoms with Crippen molar-refractivity contribution in [2.45, 2.75) is 25.3 Å². The van der Waals surface area contributed by atoms with Gasteiger partial charge in [-0.15, -0.1) is 0 Å². The lowest BCUT2D eigenvalue weighted by Crippen LogP contribution is -2.47. The van der Waals surface area contributed by atoms with Crippen molar-refractivity contribution >= 4 is 45.1 Å². The number of H-pyrrole nitrogens is 1. The van der Waals surface area contributed by atoms with Crippen molar-refractivity contribution in [2.24, 2.45) is 10.7 Å². The van der Waals surface area contributed by atoms with Gasteiger partial charge in [-0.05, 0) is 52.0 Å². The summed E-state index contributed by atoms with van der Waals surface area (Å²) in [5.74, 6) is -0.455. The second kappa shape index (κ2) is 9.07. The Morgan fingerprint density at radius 1 is 1.27 bits per heavy atom. The number of aliphatic imine (C=N–C) groups is 1. The number of benzene rings is 2. The fourth-order valence-corrected chi connectivity index (χ4v) is 4.35. The molecular formula is C23H23BrN6O3. The summed E-state index contributed by atoms with van der Waals surface area (Å²) < 4.78 is 0.295. The standard InChI is InChI=1S/C23H23BrN6O3/c1-12-11-15(23(33)30(2)16-9-5-3-7-13(12)16)26-22(32)19-18(24)21(29-28-19)27-20(25)14-8-4-6-10-17(14)31/h3-10,12,15,31H,11H2,1-2H3,(H,26,32)(H3,25,27,28,29). The van der Waals surface area contributed by atoms with E-state index in [-0.39, 0.29) is 34.9 Å². The third kappa shape index (κ3) is 4.34. The van der Waals surface area contributed by atoms with Crippen LogP contribution in [-0.2, 0) is 4.79 Å². The zero-order valence-electron chi connectivity index (χ0n) is 18.0. The second-order valence-electron chi connectivity index (χ2n) is 7.87. The van der Waals surface area contributed by atoms with Crippen molar-refractivity contribution in [1.82, 2.24) is 15.5 Å². The first-order valence-electron chi connectivity index (χ1n) is 10.3. The van der Waals surface area contributed by atoms with Gasteiger partial charge in [0.15, 0.2) is 5.82 Å². The predicted octanol–water partition coefficient (Wildman–Crippen LogP) is 3.18. The molecule has 2 amide bonds. The fraction of sp³-hybridized carbons (Fsp3) is 0.217. The number of phenols is 1. The molecule has 2 unspecified atom stereocenters. The van der Waals surface area contributed by atoms with E-state index in [1.165, 1.54) is 6.07 Å². The maximum atomic E-state index is 13.1. The fourth-order valence-electron chi connectivity index (χ4n) is 3.90. The molecule has 5 N–H and O–H groups in total. The minimum absolute atomic E-state index is 0.0190. The van der Waals surface area contributed by atoms with E-state index in [1.54, 1.807) is 30.1 Å². The number of rotatable bonds is 4. The largest absolute Gasteiger partial charge is 0.507 e. The summed E-state index contributed by atoms with van der Waals surface area (Å²) in [5, 5.41) is 19.5. The highest BCUT2D eigenvalue weighted by Gasteiger charge is 2.33. The number of para-hydroxylation sites is 2. The number of amidine groups is 1. The Balaban J connectivity index is 1.55. The maximum absolute atomic E-state index is 13.1. The summed E-state index contributed by atoms with van der Waals surface area (Å²) in [7, 11) is 1.71. The van der Waals surface area contributed by atoms with Crippen LogP contribution >= 0.6 is 15.9 Å². The summed E-state index contributed by atoms with van der Waals surface area (Å²) in [4.78, 5) is 31.8. The van der Waals surface area contributed by atoms with Gasteiger partial charge in [0.2, 0.25) is 5.91 Å². The number of phenolic OH excluding ortho intramolecular Hbond substituents is 1. The zero-order valence-corrected chi connectivity index (χ0v) is 19.6. The van der Waals surface area contributed by atoms with E-state index < -0.39 is 11.9 Å². The van der Waals surface area contributed by atoms with Crippen molar-refractivity contribution in [1.29, 1.82) is 0 Å². The molecule has 0 bridgehead atoms. The van der Waals surface area contributed by atoms with Gasteiger partial charge in [-0.2, -0.15) is 5.10 Å². The Morgan fingerprint density at radius 3 is 2.73 bits per heavy atom. The Hall–Kier alpha value is -3.66. The van der Waals surface area contributed by atoms with Gasteiger partial charge < -0.3 is 21.1 Å². The number of amides is 2. The Kier molecular flexibility index (Phi) is 6.19. The van der Waals surface area contributed by atoms with Crippen LogP contribution in [0, 0.1) is 0 Å². The number of aromatic amines is 1. The molecule has 1 aromatic heterocycles. The molecule has 1 aliphatic heterocycles. The predicted molar refractivity (Wildman–Crippen MR) is 129 cm³/mol. The summed E-state index contributed by atoms with van der Waals surface area (Å²) in [6.07, 6.45) is 0.461. The number of aromatic hydroxyl groups is 1. The molecule has 0 saturated carbocycles. The van der Waals surface area contributed by atoms with Crippen molar-refractivity contribution in [2.75, 3.05) is 11.9 Å². The van der Waals surface area contributed by atoms with E-state index in [1.807, 2.05) is 31.2 Å². The number of carbonyl (C=O) groups excluding carboxylic acids is 2. The Morgan fingerprint density at radius 2 is 1.97 bits per heavy atom. The molecule has 4 rings (SSSR count). The molecule has 3 aromatic rings. The van der Waals surface area contributed by atoms with Crippen LogP contribution in [0.5, 0.6) is 5.75 Å². The van der Waals surface area contributed by atoms with Crippen molar-refractivity contribution in [3.8, 4) is 5.75 Å². The molecular weight excluding hydrogens is 488 g/mol. The minimum Gasteiger partial charge on any atom is -0.507 e. The molecule has 0 saturated heterocycles. The molecule has 0 spiro atoms. The van der Waals surface area contributed by atoms with Gasteiger partial charge in [-0.1, -0.05) is 37.3 Å². The SMILES string of the molecule is CC1CC(NC(=O)c2[nH]nc(N=C(N)c3ccccc3O)c2Br)C(=O)N(C)c2ccccc21. The summed E-state index contributed by atoms with van der Waals surface area (Å²) in [6.45, 7) is 2.03. The first-order valence-corrected chi connectivity index (χ1v) is 11.1. The lowest BCUT2D eigenvalue weighted by Gasteiger charge is -2.21. The normalized spacial score (nSPS) is 18.6. The van der Waals surface area contributed by atoms with Crippen molar-refractivity contribution in [3.63, 3.8) is 0 Å². The number of nitrogens with two attached hydrogens (primary N) is 1. The topological polar surface area (TPSA) is 137 Å². The van der Waals surface area contributed by atoms with E-state index in [2.05, 4.69) is 36.4 Å². The molecule has 170 valence electrons. The van der Waals surface area contributed by atoms with Crippen LogP contribution in [0.2, 0.25) is 0 Å². The summed E-state index contributed by atoms with van der Waals surface area (Å²) in [6, 6.07) is 13.5. The molecule has 0 radical (unpaired) electrons. The second-order valence-corrected chi connectivity index (χ2v) is 8.66. The van der Waals surface area contributed by atoms with Crippen LogP contribution in [0.25, 0.3) is 0 Å². The van der Waals surface area contributed by atoms with Crippen LogP contribution in [0.3, 0.4) is 0 Å². The van der Waals surface area contributed by atoms with Crippen LogP contribution < -0.4 is 16.0 Å². The van der Waals surface area contributed by atoms with E-state index in [4.69, 9.17) is 5.73 Å². The highest BCUT2D eigenvalue weighted by atomic mass is 79.9. The van der Waals surface area contributed by atoms with Gasteiger partial charge in [-0.25, -0.2) is 4.99 Å². The average molecular weight is 511 g/mol. The Bertz CT molecular complexity index is 1250. The number of carbonyl (C=O) groups is 2. The quantitative estimate of drug-likeness (QED) is 0.315. The monoisotopic (exact) mass is 510 g/mol. The van der Waals surface area contributed by atoms with Gasteiger partial charge in [0.25, 0.3) is 5.91 Å². The van der Waals surface area contributed by atoms with Gasteiger partial charge in [0, 0.05) is 12.7 Å². The lowest BCUT2D eigenvalue weighted by molar-refractivity contribution is -0.120. The number of fused-ring (bicyclic) bond motifs is 1. The average Bonchev–Trinajstić information content (AvgIpc) is 3.13. The molecule has 33 heavy (non-hydrogen) atoms. The zero-order chi connectivity index (χ0) is 23.7. The highest BCUT2D eigenvalue weighted by Crippen LogP contribution is 2.34. The van der Waals surface area contributed by atoms with E-state index in [0.717, 1.165) is 11.3 Å². The summed E-state index contributed by atoms with van der Waals surface area (Å²) in [5.41, 5.74) is 8.36. The number of halogens is 1. The lowest BCUT2D eigenvalue weighted by atomic mass is 9.94. The third-order valence-corrected chi connectivity index (χ3v) is 6.43. The molecule has 0 fully saturated rings. The summed E-state index contributed by atoms with van der Waals surface area (Å²) >= 11 is 3.34. The number of hydrogen-bond donors (Lipinski definition) is 4. The molecule has 2 atom stereocenters. The molecule has 1 aliphatic rings. The van der Waals surface area contributed by atoms with Gasteiger partial charge in [-0.3, -0.25) is 14.7 Å². The van der Waals surface area contributed by atoms with Gasteiger partial charge in [0.1, 0.15) is 23.3 Å². The van der Waals surface area contributed by atoms with Crippen LogP contribution in [-0.4, -0.2) is 46.0 Å². The van der Waals surface area contributed by atoms with E-state index in [9.17, 15) is 14.7 Å². The molecule has 2 heterocycles. The third-order valence-electron chi connectivity index (χ3n) is 5.68. The number of nitrogens with zero attached hydrogens (tertiary/aromatic N) is 3. The molecule has 2 aromatic carbocycles. The Labute approximate surface area is 198 Å². The maximum Gasteiger partial charge on any atom is 0.271 e. The van der Waals surface area contributed by atoms with Crippen molar-refractivity contribution < 1.29 is 14.7 Å². The number of likely N-dealkylation sites (N-methyl/N-ethyl adjacent to an activating group) is 1. The first-order chi connectivity index (χ1) is 15.8. The first kappa shape index (κ1) is 22.5. The van der Waals surface area contributed by atoms with Crippen molar-refractivity contribution in [3.05, 3.63) is 69.8 Å².